The second-order valence-electron chi connectivity index (χ2n) is 7.15. The largest absolute Gasteiger partial charge is 0.377 e. The van der Waals surface area contributed by atoms with E-state index < -0.39 is 10.2 Å². The molecular formula is C16H32N2O3S. The Labute approximate surface area is 136 Å². The van der Waals surface area contributed by atoms with Gasteiger partial charge in [-0.2, -0.15) is 17.4 Å². The molecule has 0 aromatic rings. The summed E-state index contributed by atoms with van der Waals surface area (Å²) in [4.78, 5) is 0. The van der Waals surface area contributed by atoms with E-state index in [0.29, 0.717) is 44.2 Å². The number of hydrogen-bond donors (Lipinski definition) is 1. The van der Waals surface area contributed by atoms with Gasteiger partial charge in [0.2, 0.25) is 0 Å². The summed E-state index contributed by atoms with van der Waals surface area (Å²) in [5, 5.41) is 0. The second kappa shape index (κ2) is 8.62. The third-order valence-electron chi connectivity index (χ3n) is 4.72. The monoisotopic (exact) mass is 332 g/mol. The second-order valence-corrected chi connectivity index (χ2v) is 8.90. The Bertz CT molecular complexity index is 409. The van der Waals surface area contributed by atoms with Crippen LogP contribution in [-0.4, -0.2) is 45.1 Å². The van der Waals surface area contributed by atoms with Gasteiger partial charge in [0.05, 0.1) is 12.7 Å². The van der Waals surface area contributed by atoms with Gasteiger partial charge in [0.1, 0.15) is 0 Å². The number of nitrogens with zero attached hydrogens (tertiary/aromatic N) is 1. The van der Waals surface area contributed by atoms with Gasteiger partial charge < -0.3 is 4.74 Å². The zero-order valence-corrected chi connectivity index (χ0v) is 14.9. The molecule has 1 heterocycles. The highest BCUT2D eigenvalue weighted by Crippen LogP contribution is 2.22. The Morgan fingerprint density at radius 2 is 1.64 bits per heavy atom. The highest BCUT2D eigenvalue weighted by atomic mass is 32.2. The van der Waals surface area contributed by atoms with Crippen LogP contribution in [0.1, 0.15) is 58.8 Å². The molecule has 2 aliphatic rings. The minimum atomic E-state index is -3.36. The van der Waals surface area contributed by atoms with Crippen molar-refractivity contribution in [3.63, 3.8) is 0 Å². The molecule has 1 saturated heterocycles. The lowest BCUT2D eigenvalue weighted by Gasteiger charge is -2.34. The van der Waals surface area contributed by atoms with E-state index in [1.54, 1.807) is 4.31 Å². The number of ether oxygens (including phenoxy) is 1. The van der Waals surface area contributed by atoms with Crippen molar-refractivity contribution in [3.05, 3.63) is 0 Å². The maximum atomic E-state index is 12.3. The van der Waals surface area contributed by atoms with Gasteiger partial charge >= 0.3 is 0 Å². The van der Waals surface area contributed by atoms with Crippen LogP contribution in [0.2, 0.25) is 0 Å². The van der Waals surface area contributed by atoms with E-state index in [9.17, 15) is 8.42 Å². The summed E-state index contributed by atoms with van der Waals surface area (Å²) in [7, 11) is -3.36. The third-order valence-corrected chi connectivity index (χ3v) is 6.26. The highest BCUT2D eigenvalue weighted by molar-refractivity contribution is 7.87. The molecule has 0 aromatic heterocycles. The first-order valence-electron chi connectivity index (χ1n) is 8.83. The van der Waals surface area contributed by atoms with Crippen LogP contribution < -0.4 is 4.72 Å². The molecule has 0 radical (unpaired) electrons. The van der Waals surface area contributed by atoms with Crippen LogP contribution in [0.5, 0.6) is 0 Å². The summed E-state index contributed by atoms with van der Waals surface area (Å²) in [5.74, 6) is 0.866. The van der Waals surface area contributed by atoms with Crippen LogP contribution in [0.25, 0.3) is 0 Å². The number of hydrogen-bond acceptors (Lipinski definition) is 3. The van der Waals surface area contributed by atoms with E-state index in [1.807, 2.05) is 0 Å². The van der Waals surface area contributed by atoms with E-state index in [4.69, 9.17) is 4.74 Å². The Morgan fingerprint density at radius 1 is 1.05 bits per heavy atom. The third kappa shape index (κ3) is 5.80. The lowest BCUT2D eigenvalue weighted by molar-refractivity contribution is 0.0469. The molecule has 2 fully saturated rings. The van der Waals surface area contributed by atoms with Crippen LogP contribution in [0.3, 0.4) is 0 Å². The fourth-order valence-electron chi connectivity index (χ4n) is 3.70. The minimum absolute atomic E-state index is 0.321. The average molecular weight is 333 g/mol. The van der Waals surface area contributed by atoms with Crippen molar-refractivity contribution in [2.75, 3.05) is 26.2 Å². The molecule has 0 bridgehead atoms. The van der Waals surface area contributed by atoms with Crippen molar-refractivity contribution in [1.82, 2.24) is 9.03 Å². The molecule has 0 unspecified atom stereocenters. The Kier molecular flexibility index (Phi) is 7.12. The maximum absolute atomic E-state index is 12.3. The van der Waals surface area contributed by atoms with Crippen molar-refractivity contribution in [3.8, 4) is 0 Å². The van der Waals surface area contributed by atoms with E-state index in [-0.39, 0.29) is 0 Å². The Hall–Kier alpha value is -0.170. The lowest BCUT2D eigenvalue weighted by Crippen LogP contribution is -2.48. The zero-order valence-electron chi connectivity index (χ0n) is 14.1. The summed E-state index contributed by atoms with van der Waals surface area (Å²) in [6, 6.07) is 0. The van der Waals surface area contributed by atoms with Gasteiger partial charge in [-0.3, -0.25) is 0 Å². The fourth-order valence-corrected chi connectivity index (χ4v) is 5.12. The van der Waals surface area contributed by atoms with Gasteiger partial charge in [0.25, 0.3) is 10.2 Å². The molecule has 6 heteroatoms. The van der Waals surface area contributed by atoms with Crippen molar-refractivity contribution in [2.45, 2.75) is 64.9 Å². The summed E-state index contributed by atoms with van der Waals surface area (Å²) in [6.45, 7) is 6.34. The van der Waals surface area contributed by atoms with Crippen molar-refractivity contribution in [1.29, 1.82) is 0 Å². The van der Waals surface area contributed by atoms with Crippen molar-refractivity contribution >= 4 is 10.2 Å². The van der Waals surface area contributed by atoms with Crippen LogP contribution >= 0.6 is 0 Å². The molecule has 0 amide bonds. The number of nitrogens with one attached hydrogen (secondary N) is 1. The standard InChI is InChI=1S/C16H32N2O3S/c1-14-11-15(2)13-18(12-14)22(19,20)17-9-10-21-16-7-5-3-4-6-8-16/h14-17H,3-13H2,1-2H3/t14-,15+. The molecule has 1 aliphatic heterocycles. The van der Waals surface area contributed by atoms with E-state index in [1.165, 1.54) is 25.7 Å². The molecule has 1 N–H and O–H groups in total. The van der Waals surface area contributed by atoms with Gasteiger partial charge in [-0.15, -0.1) is 0 Å². The molecule has 2 atom stereocenters. The molecule has 1 aliphatic carbocycles. The van der Waals surface area contributed by atoms with Crippen molar-refractivity contribution < 1.29 is 13.2 Å². The van der Waals surface area contributed by atoms with Crippen LogP contribution in [-0.2, 0) is 14.9 Å². The Morgan fingerprint density at radius 3 is 2.23 bits per heavy atom. The normalized spacial score (nSPS) is 29.4. The first kappa shape index (κ1) is 18.2. The van der Waals surface area contributed by atoms with Gasteiger partial charge in [0, 0.05) is 19.6 Å². The number of rotatable bonds is 6. The fraction of sp³-hybridized carbons (Fsp3) is 1.00. The lowest BCUT2D eigenvalue weighted by atomic mass is 9.94. The molecular weight excluding hydrogens is 300 g/mol. The van der Waals surface area contributed by atoms with Crippen LogP contribution in [0.4, 0.5) is 0 Å². The predicted octanol–water partition coefficient (Wildman–Crippen LogP) is 2.54. The zero-order chi connectivity index (χ0) is 16.0. The molecule has 22 heavy (non-hydrogen) atoms. The molecule has 0 spiro atoms. The van der Waals surface area contributed by atoms with Crippen LogP contribution in [0, 0.1) is 11.8 Å². The maximum Gasteiger partial charge on any atom is 0.279 e. The van der Waals surface area contributed by atoms with Crippen LogP contribution in [0.15, 0.2) is 0 Å². The molecule has 2 rings (SSSR count). The molecule has 130 valence electrons. The smallest absolute Gasteiger partial charge is 0.279 e. The average Bonchev–Trinajstić information content (AvgIpc) is 2.71. The minimum Gasteiger partial charge on any atom is -0.377 e. The summed E-state index contributed by atoms with van der Waals surface area (Å²) in [5.41, 5.74) is 0. The molecule has 5 nitrogen and oxygen atoms in total. The van der Waals surface area contributed by atoms with Gasteiger partial charge in [-0.1, -0.05) is 39.5 Å². The quantitative estimate of drug-likeness (QED) is 0.601. The van der Waals surface area contributed by atoms with Gasteiger partial charge in [-0.25, -0.2) is 0 Å². The summed E-state index contributed by atoms with van der Waals surface area (Å²) >= 11 is 0. The highest BCUT2D eigenvalue weighted by Gasteiger charge is 2.30. The van der Waals surface area contributed by atoms with Crippen molar-refractivity contribution in [2.24, 2.45) is 11.8 Å². The first-order chi connectivity index (χ1) is 10.5. The Balaban J connectivity index is 1.70. The van der Waals surface area contributed by atoms with E-state index >= 15 is 0 Å². The van der Waals surface area contributed by atoms with Gasteiger partial charge in [0.15, 0.2) is 0 Å². The van der Waals surface area contributed by atoms with E-state index in [2.05, 4.69) is 18.6 Å². The van der Waals surface area contributed by atoms with E-state index in [0.717, 1.165) is 19.3 Å². The molecule has 0 aromatic carbocycles. The summed E-state index contributed by atoms with van der Waals surface area (Å²) in [6.07, 6.45) is 8.75. The first-order valence-corrected chi connectivity index (χ1v) is 10.3. The SMILES string of the molecule is C[C@@H]1C[C@H](C)CN(S(=O)(=O)NCCOC2CCCCCC2)C1. The molecule has 1 saturated carbocycles. The number of piperidine rings is 1. The summed E-state index contributed by atoms with van der Waals surface area (Å²) < 4.78 is 34.8. The van der Waals surface area contributed by atoms with Gasteiger partial charge in [-0.05, 0) is 31.1 Å². The topological polar surface area (TPSA) is 58.6 Å². The predicted molar refractivity (Wildman–Crippen MR) is 88.9 cm³/mol.